The summed E-state index contributed by atoms with van der Waals surface area (Å²) in [5, 5.41) is 5.04. The van der Waals surface area contributed by atoms with Crippen LogP contribution in [0.4, 0.5) is 0 Å². The van der Waals surface area contributed by atoms with E-state index in [1.807, 2.05) is 0 Å². The fourth-order valence-corrected chi connectivity index (χ4v) is 8.60. The van der Waals surface area contributed by atoms with Crippen molar-refractivity contribution in [1.29, 1.82) is 0 Å². The first-order valence-electron chi connectivity index (χ1n) is 19.3. The second-order valence-corrected chi connectivity index (χ2v) is 14.6. The maximum atomic E-state index is 2.41. The number of hydrogen-bond acceptors (Lipinski definition) is 0. The van der Waals surface area contributed by atoms with Gasteiger partial charge in [0.15, 0.2) is 0 Å². The summed E-state index contributed by atoms with van der Waals surface area (Å²) in [5.74, 6) is 0. The third kappa shape index (κ3) is 5.34. The molecular weight excluding hydrogens is 677 g/mol. The molecule has 2 heteroatoms. The summed E-state index contributed by atoms with van der Waals surface area (Å²) in [7, 11) is 0. The molecule has 0 fully saturated rings. The van der Waals surface area contributed by atoms with Crippen LogP contribution in [0.15, 0.2) is 218 Å². The standard InChI is InChI=1S/C54H36N2/c1-3-12-37(13-4-1)41-14-11-15-42(34-41)38-22-24-39(25-23-38)44-28-32-49-50-35-43(29-33-53(50)56(54(49)36-44)45-16-5-2-6-17-45)40-26-30-46(31-27-40)55-51-20-9-7-18-47(51)48-19-8-10-21-52(48)55/h1-36H. The average molecular weight is 713 g/mol. The molecule has 0 aliphatic carbocycles. The number of nitrogens with zero attached hydrogens (tertiary/aromatic N) is 2. The zero-order valence-electron chi connectivity index (χ0n) is 30.7. The Morgan fingerprint density at radius 3 is 1.23 bits per heavy atom. The fourth-order valence-electron chi connectivity index (χ4n) is 8.60. The molecular formula is C54H36N2. The van der Waals surface area contributed by atoms with Gasteiger partial charge in [-0.05, 0) is 105 Å². The van der Waals surface area contributed by atoms with Crippen LogP contribution in [-0.2, 0) is 0 Å². The number of fused-ring (bicyclic) bond motifs is 6. The van der Waals surface area contributed by atoms with Crippen molar-refractivity contribution in [2.45, 2.75) is 0 Å². The monoisotopic (exact) mass is 712 g/mol. The first-order chi connectivity index (χ1) is 27.8. The second-order valence-electron chi connectivity index (χ2n) is 14.6. The van der Waals surface area contributed by atoms with Crippen LogP contribution in [0, 0.1) is 0 Å². The van der Waals surface area contributed by atoms with Crippen LogP contribution in [0.25, 0.3) is 99.5 Å². The lowest BCUT2D eigenvalue weighted by Crippen LogP contribution is -1.94. The van der Waals surface area contributed by atoms with Crippen molar-refractivity contribution >= 4 is 43.6 Å². The zero-order valence-corrected chi connectivity index (χ0v) is 30.7. The van der Waals surface area contributed by atoms with Gasteiger partial charge in [0.1, 0.15) is 0 Å². The predicted octanol–water partition coefficient (Wildman–Crippen LogP) is 14.5. The summed E-state index contributed by atoms with van der Waals surface area (Å²) in [6.07, 6.45) is 0. The number of benzene rings is 9. The quantitative estimate of drug-likeness (QED) is 0.162. The van der Waals surface area contributed by atoms with Crippen molar-refractivity contribution in [3.8, 4) is 55.9 Å². The van der Waals surface area contributed by atoms with Gasteiger partial charge in [0.2, 0.25) is 0 Å². The van der Waals surface area contributed by atoms with Gasteiger partial charge in [0, 0.05) is 32.9 Å². The van der Waals surface area contributed by atoms with Crippen LogP contribution in [0.2, 0.25) is 0 Å². The third-order valence-corrected chi connectivity index (χ3v) is 11.3. The Bertz CT molecular complexity index is 3150. The minimum atomic E-state index is 1.15. The van der Waals surface area contributed by atoms with E-state index in [2.05, 4.69) is 228 Å². The molecule has 0 atom stereocenters. The molecule has 0 bridgehead atoms. The average Bonchev–Trinajstić information content (AvgIpc) is 3.79. The lowest BCUT2D eigenvalue weighted by molar-refractivity contribution is 1.18. The fraction of sp³-hybridized carbons (Fsp3) is 0. The van der Waals surface area contributed by atoms with E-state index in [4.69, 9.17) is 0 Å². The predicted molar refractivity (Wildman–Crippen MR) is 237 cm³/mol. The maximum Gasteiger partial charge on any atom is 0.0547 e. The highest BCUT2D eigenvalue weighted by molar-refractivity contribution is 6.12. The lowest BCUT2D eigenvalue weighted by atomic mass is 9.96. The summed E-state index contributed by atoms with van der Waals surface area (Å²) in [6, 6.07) is 79.3. The van der Waals surface area contributed by atoms with E-state index in [1.165, 1.54) is 88.1 Å². The van der Waals surface area contributed by atoms with Gasteiger partial charge in [-0.15, -0.1) is 0 Å². The van der Waals surface area contributed by atoms with Crippen LogP contribution in [0.3, 0.4) is 0 Å². The van der Waals surface area contributed by atoms with Crippen molar-refractivity contribution in [2.75, 3.05) is 0 Å². The Labute approximate surface area is 325 Å². The number of para-hydroxylation sites is 3. The number of hydrogen-bond donors (Lipinski definition) is 0. The molecule has 0 N–H and O–H groups in total. The minimum absolute atomic E-state index is 1.15. The summed E-state index contributed by atoms with van der Waals surface area (Å²) in [4.78, 5) is 0. The Balaban J connectivity index is 0.975. The molecule has 2 aromatic heterocycles. The van der Waals surface area contributed by atoms with E-state index in [9.17, 15) is 0 Å². The molecule has 0 spiro atoms. The van der Waals surface area contributed by atoms with E-state index >= 15 is 0 Å². The van der Waals surface area contributed by atoms with Crippen molar-refractivity contribution < 1.29 is 0 Å². The summed E-state index contributed by atoms with van der Waals surface area (Å²) >= 11 is 0. The van der Waals surface area contributed by atoms with E-state index in [0.29, 0.717) is 0 Å². The van der Waals surface area contributed by atoms with Crippen molar-refractivity contribution in [2.24, 2.45) is 0 Å². The van der Waals surface area contributed by atoms with Gasteiger partial charge in [0.05, 0.1) is 22.1 Å². The molecule has 9 aromatic carbocycles. The topological polar surface area (TPSA) is 9.86 Å². The highest BCUT2D eigenvalue weighted by Crippen LogP contribution is 2.38. The first kappa shape index (κ1) is 32.0. The summed E-state index contributed by atoms with van der Waals surface area (Å²) in [5.41, 5.74) is 16.8. The Hall–Kier alpha value is -7.42. The number of rotatable bonds is 6. The van der Waals surface area contributed by atoms with Crippen LogP contribution in [0.5, 0.6) is 0 Å². The van der Waals surface area contributed by atoms with Crippen LogP contribution < -0.4 is 0 Å². The second kappa shape index (κ2) is 13.2. The number of aromatic nitrogens is 2. The van der Waals surface area contributed by atoms with Crippen molar-refractivity contribution in [3.63, 3.8) is 0 Å². The van der Waals surface area contributed by atoms with Gasteiger partial charge in [0.25, 0.3) is 0 Å². The smallest absolute Gasteiger partial charge is 0.0547 e. The Morgan fingerprint density at radius 1 is 0.196 bits per heavy atom. The molecule has 0 amide bonds. The third-order valence-electron chi connectivity index (χ3n) is 11.3. The van der Waals surface area contributed by atoms with Gasteiger partial charge in [-0.25, -0.2) is 0 Å². The van der Waals surface area contributed by atoms with Gasteiger partial charge < -0.3 is 9.13 Å². The molecule has 11 aromatic rings. The molecule has 2 heterocycles. The highest BCUT2D eigenvalue weighted by Gasteiger charge is 2.16. The molecule has 0 saturated heterocycles. The Kier molecular flexibility index (Phi) is 7.53. The normalized spacial score (nSPS) is 11.6. The largest absolute Gasteiger partial charge is 0.309 e. The van der Waals surface area contributed by atoms with Crippen molar-refractivity contribution in [1.82, 2.24) is 9.13 Å². The molecule has 11 rings (SSSR count). The van der Waals surface area contributed by atoms with Gasteiger partial charge >= 0.3 is 0 Å². The Morgan fingerprint density at radius 2 is 0.589 bits per heavy atom. The zero-order chi connectivity index (χ0) is 37.0. The van der Waals surface area contributed by atoms with Crippen molar-refractivity contribution in [3.05, 3.63) is 218 Å². The lowest BCUT2D eigenvalue weighted by Gasteiger charge is -2.10. The molecule has 0 unspecified atom stereocenters. The maximum absolute atomic E-state index is 2.41. The molecule has 262 valence electrons. The first-order valence-corrected chi connectivity index (χ1v) is 19.3. The molecule has 2 nitrogen and oxygen atoms in total. The minimum Gasteiger partial charge on any atom is -0.309 e. The van der Waals surface area contributed by atoms with Gasteiger partial charge in [-0.3, -0.25) is 0 Å². The van der Waals surface area contributed by atoms with E-state index in [-0.39, 0.29) is 0 Å². The summed E-state index contributed by atoms with van der Waals surface area (Å²) in [6.45, 7) is 0. The molecule has 0 saturated carbocycles. The van der Waals surface area contributed by atoms with Crippen LogP contribution in [-0.4, -0.2) is 9.13 Å². The summed E-state index contributed by atoms with van der Waals surface area (Å²) < 4.78 is 4.78. The van der Waals surface area contributed by atoms with Crippen LogP contribution >= 0.6 is 0 Å². The highest BCUT2D eigenvalue weighted by atomic mass is 15.0. The van der Waals surface area contributed by atoms with E-state index in [0.717, 1.165) is 11.4 Å². The molecule has 56 heavy (non-hydrogen) atoms. The molecule has 0 aliphatic rings. The molecule has 0 radical (unpaired) electrons. The van der Waals surface area contributed by atoms with Gasteiger partial charge in [-0.1, -0.05) is 158 Å². The molecule has 0 aliphatic heterocycles. The van der Waals surface area contributed by atoms with Gasteiger partial charge in [-0.2, -0.15) is 0 Å². The van der Waals surface area contributed by atoms with E-state index < -0.39 is 0 Å². The van der Waals surface area contributed by atoms with Crippen LogP contribution in [0.1, 0.15) is 0 Å². The SMILES string of the molecule is c1ccc(-c2cccc(-c3ccc(-c4ccc5c6cc(-c7ccc(-n8c9ccccc9c9ccccc98)cc7)ccc6n(-c6ccccc6)c5c4)cc3)c2)cc1. The van der Waals surface area contributed by atoms with E-state index in [1.54, 1.807) is 0 Å².